The third-order valence-electron chi connectivity index (χ3n) is 4.81. The maximum atomic E-state index is 14.1. The average Bonchev–Trinajstić information content (AvgIpc) is 2.60. The van der Waals surface area contributed by atoms with E-state index < -0.39 is 39.3 Å². The lowest BCUT2D eigenvalue weighted by Crippen LogP contribution is -2.36. The lowest BCUT2D eigenvalue weighted by atomic mass is 9.84. The molecule has 0 aliphatic rings. The number of hydrogen-bond donors (Lipinski definition) is 1. The number of hydrogen-bond acceptors (Lipinski definition) is 2. The number of sulfonamides is 1. The molecule has 0 heterocycles. The first kappa shape index (κ1) is 23.3. The molecule has 3 nitrogen and oxygen atoms in total. The van der Waals surface area contributed by atoms with Crippen molar-refractivity contribution in [3.05, 3.63) is 65.2 Å². The molecule has 0 saturated carbocycles. The van der Waals surface area contributed by atoms with Crippen molar-refractivity contribution in [3.8, 4) is 0 Å². The van der Waals surface area contributed by atoms with E-state index in [1.54, 1.807) is 6.92 Å². The van der Waals surface area contributed by atoms with Crippen LogP contribution in [0, 0.1) is 11.6 Å². The van der Waals surface area contributed by atoms with E-state index >= 15 is 0 Å². The molecule has 0 fully saturated rings. The highest BCUT2D eigenvalue weighted by atomic mass is 32.2. The molecule has 29 heavy (non-hydrogen) atoms. The van der Waals surface area contributed by atoms with E-state index in [2.05, 4.69) is 4.72 Å². The maximum absolute atomic E-state index is 14.1. The predicted molar refractivity (Wildman–Crippen MR) is 99.9 cm³/mol. The fraction of sp³-hybridized carbons (Fsp3) is 0.400. The second-order valence-electron chi connectivity index (χ2n) is 7.28. The summed E-state index contributed by atoms with van der Waals surface area (Å²) < 4.78 is 94.5. The van der Waals surface area contributed by atoms with Gasteiger partial charge in [0.1, 0.15) is 11.6 Å². The van der Waals surface area contributed by atoms with Crippen LogP contribution in [0.3, 0.4) is 0 Å². The van der Waals surface area contributed by atoms with Gasteiger partial charge in [-0.05, 0) is 44.0 Å². The van der Waals surface area contributed by atoms with Crippen LogP contribution in [0.15, 0.2) is 47.4 Å². The van der Waals surface area contributed by atoms with Gasteiger partial charge >= 0.3 is 6.18 Å². The summed E-state index contributed by atoms with van der Waals surface area (Å²) in [6.07, 6.45) is -3.73. The molecular formula is C20H22F5NO2S. The predicted octanol–water partition coefficient (Wildman–Crippen LogP) is 5.62. The lowest BCUT2D eigenvalue weighted by Gasteiger charge is -2.28. The zero-order chi connectivity index (χ0) is 22.0. The minimum absolute atomic E-state index is 0.00773. The molecule has 2 aromatic carbocycles. The second-order valence-corrected chi connectivity index (χ2v) is 8.99. The van der Waals surface area contributed by atoms with Crippen molar-refractivity contribution in [2.45, 2.75) is 56.1 Å². The highest BCUT2D eigenvalue weighted by Gasteiger charge is 2.48. The van der Waals surface area contributed by atoms with Gasteiger partial charge in [0, 0.05) is 17.7 Å². The van der Waals surface area contributed by atoms with E-state index in [-0.39, 0.29) is 22.4 Å². The monoisotopic (exact) mass is 435 g/mol. The van der Waals surface area contributed by atoms with Crippen molar-refractivity contribution >= 4 is 10.0 Å². The molecule has 0 aliphatic carbocycles. The standard InChI is InChI=1S/C20H22F5NO2S/c1-4-5-18(16-11-8-14(21)12-17(16)22)26-29(27,28)15-9-6-13(7-10-15)19(2,3)20(23,24)25/h6-12,18,26H,4-5H2,1-3H3. The quantitative estimate of drug-likeness (QED) is 0.574. The van der Waals surface area contributed by atoms with E-state index in [1.165, 1.54) is 6.07 Å². The first-order valence-corrected chi connectivity index (χ1v) is 10.4. The van der Waals surface area contributed by atoms with Crippen LogP contribution in [0.1, 0.15) is 50.8 Å². The van der Waals surface area contributed by atoms with Gasteiger partial charge in [0.15, 0.2) is 0 Å². The molecule has 0 amide bonds. The van der Waals surface area contributed by atoms with Gasteiger partial charge < -0.3 is 0 Å². The number of nitrogens with one attached hydrogen (secondary N) is 1. The van der Waals surface area contributed by atoms with E-state index in [9.17, 15) is 30.4 Å². The van der Waals surface area contributed by atoms with Crippen LogP contribution in [0.4, 0.5) is 22.0 Å². The Hall–Kier alpha value is -2.00. The molecule has 2 rings (SSSR count). The summed E-state index contributed by atoms with van der Waals surface area (Å²) in [5.74, 6) is -1.67. The average molecular weight is 435 g/mol. The SMILES string of the molecule is CCCC(NS(=O)(=O)c1ccc(C(C)(C)C(F)(F)F)cc1)c1ccc(F)cc1F. The van der Waals surface area contributed by atoms with Crippen molar-refractivity contribution < 1.29 is 30.4 Å². The van der Waals surface area contributed by atoms with E-state index in [0.717, 1.165) is 44.2 Å². The van der Waals surface area contributed by atoms with Gasteiger partial charge in [-0.2, -0.15) is 13.2 Å². The summed E-state index contributed by atoms with van der Waals surface area (Å²) in [7, 11) is -4.15. The third-order valence-corrected chi connectivity index (χ3v) is 6.30. The Kier molecular flexibility index (Phi) is 6.74. The Morgan fingerprint density at radius 3 is 2.07 bits per heavy atom. The van der Waals surface area contributed by atoms with Gasteiger partial charge in [0.25, 0.3) is 0 Å². The normalized spacial score (nSPS) is 14.1. The Morgan fingerprint density at radius 1 is 1.00 bits per heavy atom. The van der Waals surface area contributed by atoms with Crippen LogP contribution in [-0.4, -0.2) is 14.6 Å². The molecule has 1 atom stereocenters. The minimum atomic E-state index is -4.50. The fourth-order valence-corrected chi connectivity index (χ4v) is 4.07. The van der Waals surface area contributed by atoms with Crippen LogP contribution < -0.4 is 4.72 Å². The first-order chi connectivity index (χ1) is 13.3. The number of halogens is 5. The summed E-state index contributed by atoms with van der Waals surface area (Å²) in [6, 6.07) is 6.29. The first-order valence-electron chi connectivity index (χ1n) is 8.94. The molecule has 160 valence electrons. The minimum Gasteiger partial charge on any atom is -0.207 e. The maximum Gasteiger partial charge on any atom is 0.397 e. The van der Waals surface area contributed by atoms with Gasteiger partial charge in [0.05, 0.1) is 10.3 Å². The van der Waals surface area contributed by atoms with E-state index in [1.807, 2.05) is 0 Å². The van der Waals surface area contributed by atoms with Gasteiger partial charge in [-0.25, -0.2) is 21.9 Å². The number of alkyl halides is 3. The fourth-order valence-electron chi connectivity index (χ4n) is 2.82. The Balaban J connectivity index is 2.33. The smallest absolute Gasteiger partial charge is 0.207 e. The molecule has 2 aromatic rings. The van der Waals surface area contributed by atoms with Gasteiger partial charge in [0.2, 0.25) is 10.0 Å². The molecule has 0 saturated heterocycles. The zero-order valence-electron chi connectivity index (χ0n) is 16.1. The Bertz CT molecular complexity index is 954. The molecule has 0 radical (unpaired) electrons. The van der Waals surface area contributed by atoms with Crippen molar-refractivity contribution in [1.82, 2.24) is 4.72 Å². The van der Waals surface area contributed by atoms with Gasteiger partial charge in [-0.3, -0.25) is 0 Å². The largest absolute Gasteiger partial charge is 0.397 e. The Morgan fingerprint density at radius 2 is 1.59 bits per heavy atom. The summed E-state index contributed by atoms with van der Waals surface area (Å²) in [6.45, 7) is 3.78. The molecule has 0 spiro atoms. The van der Waals surface area contributed by atoms with E-state index in [4.69, 9.17) is 0 Å². The third kappa shape index (κ3) is 5.14. The van der Waals surface area contributed by atoms with Crippen molar-refractivity contribution in [2.24, 2.45) is 0 Å². The van der Waals surface area contributed by atoms with Crippen LogP contribution in [0.2, 0.25) is 0 Å². The van der Waals surface area contributed by atoms with Crippen LogP contribution in [0.25, 0.3) is 0 Å². The summed E-state index contributed by atoms with van der Waals surface area (Å²) in [4.78, 5) is -0.247. The van der Waals surface area contributed by atoms with Crippen molar-refractivity contribution in [2.75, 3.05) is 0 Å². The van der Waals surface area contributed by atoms with E-state index in [0.29, 0.717) is 12.5 Å². The Labute approximate surface area is 167 Å². The van der Waals surface area contributed by atoms with Crippen LogP contribution in [-0.2, 0) is 15.4 Å². The van der Waals surface area contributed by atoms with Gasteiger partial charge in [-0.1, -0.05) is 31.5 Å². The molecule has 0 bridgehead atoms. The molecule has 9 heteroatoms. The summed E-state index contributed by atoms with van der Waals surface area (Å²) >= 11 is 0. The van der Waals surface area contributed by atoms with Crippen LogP contribution >= 0.6 is 0 Å². The number of benzene rings is 2. The number of rotatable bonds is 7. The summed E-state index contributed by atoms with van der Waals surface area (Å²) in [5.41, 5.74) is -2.24. The molecule has 1 unspecified atom stereocenters. The topological polar surface area (TPSA) is 46.2 Å². The molecular weight excluding hydrogens is 413 g/mol. The highest BCUT2D eigenvalue weighted by Crippen LogP contribution is 2.40. The zero-order valence-corrected chi connectivity index (χ0v) is 17.0. The molecule has 1 N–H and O–H groups in total. The lowest BCUT2D eigenvalue weighted by molar-refractivity contribution is -0.180. The highest BCUT2D eigenvalue weighted by molar-refractivity contribution is 7.89. The second kappa shape index (κ2) is 8.39. The molecule has 0 aliphatic heterocycles. The van der Waals surface area contributed by atoms with Crippen LogP contribution in [0.5, 0.6) is 0 Å². The van der Waals surface area contributed by atoms with Crippen molar-refractivity contribution in [1.29, 1.82) is 0 Å². The van der Waals surface area contributed by atoms with Gasteiger partial charge in [-0.15, -0.1) is 0 Å². The summed E-state index contributed by atoms with van der Waals surface area (Å²) in [5, 5.41) is 0. The van der Waals surface area contributed by atoms with Crippen molar-refractivity contribution in [3.63, 3.8) is 0 Å². The molecule has 0 aromatic heterocycles.